The summed E-state index contributed by atoms with van der Waals surface area (Å²) in [6, 6.07) is 16.3. The van der Waals surface area contributed by atoms with Gasteiger partial charge in [0, 0.05) is 55.6 Å². The first-order valence-electron chi connectivity index (χ1n) is 12.9. The molecule has 2 aromatic carbocycles. The average Bonchev–Trinajstić information content (AvgIpc) is 3.35. The highest BCUT2D eigenvalue weighted by atomic mass is 16.5. The van der Waals surface area contributed by atoms with E-state index in [9.17, 15) is 9.59 Å². The van der Waals surface area contributed by atoms with Crippen molar-refractivity contribution in [1.29, 1.82) is 0 Å². The third-order valence-corrected chi connectivity index (χ3v) is 7.83. The van der Waals surface area contributed by atoms with Crippen molar-refractivity contribution in [2.24, 2.45) is 5.92 Å². The number of fused-ring (bicyclic) bond motifs is 1. The number of aromatic amines is 1. The zero-order valence-corrected chi connectivity index (χ0v) is 20.5. The van der Waals surface area contributed by atoms with Crippen LogP contribution < -0.4 is 4.74 Å². The predicted molar refractivity (Wildman–Crippen MR) is 137 cm³/mol. The summed E-state index contributed by atoms with van der Waals surface area (Å²) in [5.41, 5.74) is 3.65. The largest absolute Gasteiger partial charge is 0.497 e. The van der Waals surface area contributed by atoms with E-state index < -0.39 is 0 Å². The number of nitrogens with zero attached hydrogens (tertiary/aromatic N) is 2. The Labute approximate surface area is 207 Å². The fourth-order valence-corrected chi connectivity index (χ4v) is 5.69. The molecule has 6 nitrogen and oxygen atoms in total. The van der Waals surface area contributed by atoms with E-state index in [1.807, 2.05) is 29.2 Å². The lowest BCUT2D eigenvalue weighted by Crippen LogP contribution is -2.46. The lowest BCUT2D eigenvalue weighted by Gasteiger charge is -2.37. The number of benzene rings is 2. The molecule has 0 unspecified atom stereocenters. The molecule has 35 heavy (non-hydrogen) atoms. The van der Waals surface area contributed by atoms with Gasteiger partial charge in [-0.2, -0.15) is 0 Å². The monoisotopic (exact) mass is 473 g/mol. The zero-order chi connectivity index (χ0) is 24.2. The van der Waals surface area contributed by atoms with Crippen molar-refractivity contribution in [1.82, 2.24) is 14.8 Å². The second-order valence-corrected chi connectivity index (χ2v) is 9.90. The van der Waals surface area contributed by atoms with E-state index in [0.29, 0.717) is 25.4 Å². The van der Waals surface area contributed by atoms with E-state index in [0.717, 1.165) is 56.5 Å². The topological polar surface area (TPSA) is 65.6 Å². The van der Waals surface area contributed by atoms with Crippen molar-refractivity contribution in [2.75, 3.05) is 33.3 Å². The molecule has 2 fully saturated rings. The molecular weight excluding hydrogens is 438 g/mol. The fourth-order valence-electron chi connectivity index (χ4n) is 5.69. The van der Waals surface area contributed by atoms with Crippen LogP contribution in [0.1, 0.15) is 49.1 Å². The third-order valence-electron chi connectivity index (χ3n) is 7.83. The zero-order valence-electron chi connectivity index (χ0n) is 20.5. The van der Waals surface area contributed by atoms with E-state index in [1.54, 1.807) is 7.11 Å². The Morgan fingerprint density at radius 2 is 1.66 bits per heavy atom. The summed E-state index contributed by atoms with van der Waals surface area (Å²) in [4.78, 5) is 33.3. The predicted octanol–water partition coefficient (Wildman–Crippen LogP) is 4.75. The molecular formula is C29H35N3O3. The highest BCUT2D eigenvalue weighted by molar-refractivity contribution is 5.85. The maximum absolute atomic E-state index is 13.2. The van der Waals surface area contributed by atoms with Crippen LogP contribution in [-0.2, 0) is 16.0 Å². The van der Waals surface area contributed by atoms with Gasteiger partial charge < -0.3 is 19.5 Å². The summed E-state index contributed by atoms with van der Waals surface area (Å²) in [5.74, 6) is 1.85. The molecule has 0 spiro atoms. The van der Waals surface area contributed by atoms with Crippen molar-refractivity contribution < 1.29 is 14.3 Å². The molecule has 0 saturated carbocycles. The Bertz CT molecular complexity index is 1160. The first-order valence-corrected chi connectivity index (χ1v) is 12.9. The van der Waals surface area contributed by atoms with Crippen LogP contribution in [0.4, 0.5) is 0 Å². The van der Waals surface area contributed by atoms with Crippen LogP contribution >= 0.6 is 0 Å². The summed E-state index contributed by atoms with van der Waals surface area (Å²) in [5, 5.41) is 1.22. The van der Waals surface area contributed by atoms with Gasteiger partial charge in [0.1, 0.15) is 5.75 Å². The molecule has 1 aromatic heterocycles. The number of piperidine rings is 2. The quantitative estimate of drug-likeness (QED) is 0.562. The summed E-state index contributed by atoms with van der Waals surface area (Å²) >= 11 is 0. The van der Waals surface area contributed by atoms with E-state index in [2.05, 4.69) is 40.3 Å². The summed E-state index contributed by atoms with van der Waals surface area (Å²) in [6.45, 7) is 2.99. The molecule has 0 bridgehead atoms. The number of ether oxygens (including phenoxy) is 1. The van der Waals surface area contributed by atoms with Crippen LogP contribution in [0.5, 0.6) is 5.75 Å². The first-order chi connectivity index (χ1) is 17.1. The summed E-state index contributed by atoms with van der Waals surface area (Å²) < 4.78 is 5.41. The number of hydrogen-bond acceptors (Lipinski definition) is 3. The van der Waals surface area contributed by atoms with Gasteiger partial charge in [-0.15, -0.1) is 0 Å². The molecule has 5 rings (SSSR count). The van der Waals surface area contributed by atoms with Crippen molar-refractivity contribution in [3.05, 3.63) is 65.9 Å². The number of aryl methyl sites for hydroxylation is 1. The third kappa shape index (κ3) is 5.21. The molecule has 0 radical (unpaired) electrons. The number of hydrogen-bond donors (Lipinski definition) is 1. The van der Waals surface area contributed by atoms with Crippen LogP contribution in [0.3, 0.4) is 0 Å². The highest BCUT2D eigenvalue weighted by Crippen LogP contribution is 2.35. The second-order valence-electron chi connectivity index (χ2n) is 9.90. The standard InChI is InChI=1S/C29H35N3O3/c1-35-24-8-9-27-25(19-24)26(20-30-27)22-11-17-32(18-12-22)29(34)23-13-15-31(16-14-23)28(33)10-7-21-5-3-2-4-6-21/h2-6,8-9,19-20,22-23,30H,7,10-18H2,1H3. The Hall–Kier alpha value is -3.28. The van der Waals surface area contributed by atoms with E-state index in [1.165, 1.54) is 16.5 Å². The average molecular weight is 474 g/mol. The fraction of sp³-hybridized carbons (Fsp3) is 0.448. The van der Waals surface area contributed by atoms with Crippen molar-refractivity contribution >= 4 is 22.7 Å². The van der Waals surface area contributed by atoms with Gasteiger partial charge in [0.25, 0.3) is 0 Å². The first kappa shape index (κ1) is 23.5. The second kappa shape index (κ2) is 10.5. The van der Waals surface area contributed by atoms with Gasteiger partial charge in [0.05, 0.1) is 7.11 Å². The number of rotatable bonds is 6. The maximum atomic E-state index is 13.2. The molecule has 0 atom stereocenters. The summed E-state index contributed by atoms with van der Waals surface area (Å²) in [7, 11) is 1.70. The SMILES string of the molecule is COc1ccc2[nH]cc(C3CCN(C(=O)C4CCN(C(=O)CCc5ccccc5)CC4)CC3)c2c1. The minimum Gasteiger partial charge on any atom is -0.497 e. The Morgan fingerprint density at radius 3 is 2.37 bits per heavy atom. The number of carbonyl (C=O) groups is 2. The molecule has 2 aliphatic rings. The lowest BCUT2D eigenvalue weighted by molar-refractivity contribution is -0.141. The minimum absolute atomic E-state index is 0.0436. The molecule has 184 valence electrons. The van der Waals surface area contributed by atoms with Crippen molar-refractivity contribution in [3.63, 3.8) is 0 Å². The Balaban J connectivity index is 1.10. The van der Waals surface area contributed by atoms with Gasteiger partial charge in [-0.25, -0.2) is 0 Å². The van der Waals surface area contributed by atoms with Crippen molar-refractivity contribution in [3.8, 4) is 5.75 Å². The van der Waals surface area contributed by atoms with Crippen LogP contribution in [0.25, 0.3) is 10.9 Å². The number of amides is 2. The molecule has 6 heteroatoms. The molecule has 2 saturated heterocycles. The van der Waals surface area contributed by atoms with Gasteiger partial charge in [0.2, 0.25) is 11.8 Å². The molecule has 0 aliphatic carbocycles. The van der Waals surface area contributed by atoms with Crippen LogP contribution in [0.15, 0.2) is 54.7 Å². The minimum atomic E-state index is 0.0436. The molecule has 3 aromatic rings. The number of methoxy groups -OCH3 is 1. The maximum Gasteiger partial charge on any atom is 0.225 e. The lowest BCUT2D eigenvalue weighted by atomic mass is 9.87. The van der Waals surface area contributed by atoms with Gasteiger partial charge in [-0.3, -0.25) is 9.59 Å². The Kier molecular flexibility index (Phi) is 7.07. The van der Waals surface area contributed by atoms with Crippen LogP contribution in [0, 0.1) is 5.92 Å². The Morgan fingerprint density at radius 1 is 0.943 bits per heavy atom. The van der Waals surface area contributed by atoms with E-state index >= 15 is 0 Å². The van der Waals surface area contributed by atoms with Crippen LogP contribution in [-0.4, -0.2) is 59.9 Å². The number of aromatic nitrogens is 1. The highest BCUT2D eigenvalue weighted by Gasteiger charge is 2.32. The van der Waals surface area contributed by atoms with E-state index in [-0.39, 0.29) is 17.7 Å². The van der Waals surface area contributed by atoms with Gasteiger partial charge in [-0.05, 0) is 67.3 Å². The number of carbonyl (C=O) groups excluding carboxylic acids is 2. The smallest absolute Gasteiger partial charge is 0.225 e. The molecule has 2 aliphatic heterocycles. The normalized spacial score (nSPS) is 17.6. The molecule has 2 amide bonds. The number of H-pyrrole nitrogens is 1. The molecule has 3 heterocycles. The van der Waals surface area contributed by atoms with E-state index in [4.69, 9.17) is 4.74 Å². The van der Waals surface area contributed by atoms with Gasteiger partial charge >= 0.3 is 0 Å². The van der Waals surface area contributed by atoms with Crippen molar-refractivity contribution in [2.45, 2.75) is 44.4 Å². The molecule has 1 N–H and O–H groups in total. The number of nitrogens with one attached hydrogen (secondary N) is 1. The number of likely N-dealkylation sites (tertiary alicyclic amines) is 2. The summed E-state index contributed by atoms with van der Waals surface area (Å²) in [6.07, 6.45) is 6.94. The van der Waals surface area contributed by atoms with Crippen LogP contribution in [0.2, 0.25) is 0 Å². The van der Waals surface area contributed by atoms with Gasteiger partial charge in [-0.1, -0.05) is 30.3 Å². The van der Waals surface area contributed by atoms with Gasteiger partial charge in [0.15, 0.2) is 0 Å².